The van der Waals surface area contributed by atoms with Crippen molar-refractivity contribution in [1.82, 2.24) is 9.97 Å². The van der Waals surface area contributed by atoms with Crippen LogP contribution in [0, 0.1) is 11.3 Å². The Morgan fingerprint density at radius 1 is 1.24 bits per heavy atom. The second-order valence-electron chi connectivity index (χ2n) is 4.12. The van der Waals surface area contributed by atoms with Crippen molar-refractivity contribution in [3.05, 3.63) is 35.7 Å². The molecule has 108 valence electrons. The topological polar surface area (TPSA) is 106 Å². The maximum Gasteiger partial charge on any atom is 0.224 e. The van der Waals surface area contributed by atoms with E-state index >= 15 is 0 Å². The van der Waals surface area contributed by atoms with Gasteiger partial charge in [-0.05, 0) is 12.1 Å². The number of aryl methyl sites for hydroxylation is 1. The normalized spacial score (nSPS) is 9.81. The summed E-state index contributed by atoms with van der Waals surface area (Å²) in [6.45, 7) is 1.93. The lowest BCUT2D eigenvalue weighted by atomic mass is 10.2. The van der Waals surface area contributed by atoms with Gasteiger partial charge >= 0.3 is 0 Å². The summed E-state index contributed by atoms with van der Waals surface area (Å²) >= 11 is 0. The SMILES string of the molecule is CCc1nc(NN)cc(Oc2cc(C#N)cc(OC)c2)n1. The fraction of sp³-hybridized carbons (Fsp3) is 0.214. The first-order chi connectivity index (χ1) is 10.2. The van der Waals surface area contributed by atoms with Crippen molar-refractivity contribution >= 4 is 5.82 Å². The van der Waals surface area contributed by atoms with Crippen LogP contribution in [-0.2, 0) is 6.42 Å². The molecule has 1 aromatic heterocycles. The van der Waals surface area contributed by atoms with E-state index in [9.17, 15) is 0 Å². The first-order valence-corrected chi connectivity index (χ1v) is 6.30. The van der Waals surface area contributed by atoms with Gasteiger partial charge in [0.05, 0.1) is 18.7 Å². The number of nitrogen functional groups attached to an aromatic ring is 1. The molecule has 7 nitrogen and oxygen atoms in total. The van der Waals surface area contributed by atoms with Gasteiger partial charge in [-0.15, -0.1) is 0 Å². The highest BCUT2D eigenvalue weighted by Crippen LogP contribution is 2.27. The minimum Gasteiger partial charge on any atom is -0.497 e. The summed E-state index contributed by atoms with van der Waals surface area (Å²) < 4.78 is 10.8. The van der Waals surface area contributed by atoms with Gasteiger partial charge in [0.1, 0.15) is 23.1 Å². The number of methoxy groups -OCH3 is 1. The number of nitrogens with zero attached hydrogens (tertiary/aromatic N) is 3. The number of benzene rings is 1. The van der Waals surface area contributed by atoms with Crippen LogP contribution in [0.4, 0.5) is 5.82 Å². The van der Waals surface area contributed by atoms with Gasteiger partial charge in [-0.25, -0.2) is 10.8 Å². The van der Waals surface area contributed by atoms with Gasteiger partial charge < -0.3 is 14.9 Å². The third-order valence-electron chi connectivity index (χ3n) is 2.68. The smallest absolute Gasteiger partial charge is 0.224 e. The molecular weight excluding hydrogens is 270 g/mol. The zero-order valence-corrected chi connectivity index (χ0v) is 11.8. The van der Waals surface area contributed by atoms with E-state index in [2.05, 4.69) is 15.4 Å². The Morgan fingerprint density at radius 3 is 2.62 bits per heavy atom. The molecule has 0 saturated heterocycles. The summed E-state index contributed by atoms with van der Waals surface area (Å²) in [5.74, 6) is 7.75. The zero-order valence-electron chi connectivity index (χ0n) is 11.8. The highest BCUT2D eigenvalue weighted by molar-refractivity contribution is 5.46. The Kier molecular flexibility index (Phi) is 4.53. The van der Waals surface area contributed by atoms with Crippen LogP contribution in [0.5, 0.6) is 17.4 Å². The van der Waals surface area contributed by atoms with Crippen molar-refractivity contribution in [2.24, 2.45) is 5.84 Å². The molecule has 0 spiro atoms. The van der Waals surface area contributed by atoms with Gasteiger partial charge in [0.2, 0.25) is 5.88 Å². The molecule has 0 bridgehead atoms. The first kappa shape index (κ1) is 14.6. The number of nitrogens with two attached hydrogens (primary N) is 1. The highest BCUT2D eigenvalue weighted by atomic mass is 16.5. The number of hydrazine groups is 1. The van der Waals surface area contributed by atoms with Crippen LogP contribution in [0.15, 0.2) is 24.3 Å². The molecule has 0 aliphatic heterocycles. The average molecular weight is 285 g/mol. The van der Waals surface area contributed by atoms with E-state index in [1.54, 1.807) is 24.3 Å². The molecule has 1 aromatic carbocycles. The molecule has 0 amide bonds. The van der Waals surface area contributed by atoms with Crippen molar-refractivity contribution in [2.75, 3.05) is 12.5 Å². The number of nitriles is 1. The lowest BCUT2D eigenvalue weighted by Crippen LogP contribution is -2.10. The molecule has 0 unspecified atom stereocenters. The van der Waals surface area contributed by atoms with E-state index in [0.29, 0.717) is 41.0 Å². The fourth-order valence-electron chi connectivity index (χ4n) is 1.69. The van der Waals surface area contributed by atoms with Crippen LogP contribution < -0.4 is 20.7 Å². The molecule has 1 heterocycles. The maximum atomic E-state index is 9.00. The molecule has 0 aliphatic carbocycles. The largest absolute Gasteiger partial charge is 0.497 e. The van der Waals surface area contributed by atoms with E-state index < -0.39 is 0 Å². The summed E-state index contributed by atoms with van der Waals surface area (Å²) in [4.78, 5) is 8.43. The van der Waals surface area contributed by atoms with E-state index in [0.717, 1.165) is 0 Å². The molecule has 0 atom stereocenters. The van der Waals surface area contributed by atoms with Gasteiger partial charge in [-0.3, -0.25) is 0 Å². The minimum absolute atomic E-state index is 0.340. The average Bonchev–Trinajstić information content (AvgIpc) is 2.53. The van der Waals surface area contributed by atoms with Crippen molar-refractivity contribution < 1.29 is 9.47 Å². The Morgan fingerprint density at radius 2 is 2.00 bits per heavy atom. The Bertz CT molecular complexity index is 659. The fourth-order valence-corrected chi connectivity index (χ4v) is 1.69. The van der Waals surface area contributed by atoms with Gasteiger partial charge in [0, 0.05) is 18.6 Å². The third-order valence-corrected chi connectivity index (χ3v) is 2.68. The van der Waals surface area contributed by atoms with Crippen LogP contribution in [0.25, 0.3) is 0 Å². The lowest BCUT2D eigenvalue weighted by Gasteiger charge is -2.09. The quantitative estimate of drug-likeness (QED) is 0.639. The highest BCUT2D eigenvalue weighted by Gasteiger charge is 2.07. The number of hydrogen-bond acceptors (Lipinski definition) is 7. The summed E-state index contributed by atoms with van der Waals surface area (Å²) in [5, 5.41) is 9.00. The van der Waals surface area contributed by atoms with Gasteiger partial charge in [0.15, 0.2) is 0 Å². The molecule has 0 fully saturated rings. The van der Waals surface area contributed by atoms with Crippen LogP contribution >= 0.6 is 0 Å². The van der Waals surface area contributed by atoms with E-state index in [-0.39, 0.29) is 0 Å². The summed E-state index contributed by atoms with van der Waals surface area (Å²) in [5.41, 5.74) is 2.90. The second-order valence-corrected chi connectivity index (χ2v) is 4.12. The summed E-state index contributed by atoms with van der Waals surface area (Å²) in [6, 6.07) is 8.52. The third kappa shape index (κ3) is 3.58. The molecule has 0 aliphatic rings. The molecule has 0 saturated carbocycles. The molecular formula is C14H15N5O2. The number of ether oxygens (including phenoxy) is 2. The second kappa shape index (κ2) is 6.54. The lowest BCUT2D eigenvalue weighted by molar-refractivity contribution is 0.407. The van der Waals surface area contributed by atoms with Gasteiger partial charge in [-0.1, -0.05) is 6.92 Å². The Labute approximate surface area is 122 Å². The number of rotatable bonds is 5. The van der Waals surface area contributed by atoms with E-state index in [1.165, 1.54) is 7.11 Å². The molecule has 3 N–H and O–H groups in total. The molecule has 21 heavy (non-hydrogen) atoms. The summed E-state index contributed by atoms with van der Waals surface area (Å²) in [6.07, 6.45) is 0.646. The van der Waals surface area contributed by atoms with Gasteiger partial charge in [-0.2, -0.15) is 10.2 Å². The van der Waals surface area contributed by atoms with Crippen molar-refractivity contribution in [3.8, 4) is 23.4 Å². The van der Waals surface area contributed by atoms with Crippen molar-refractivity contribution in [1.29, 1.82) is 5.26 Å². The zero-order chi connectivity index (χ0) is 15.2. The number of aromatic nitrogens is 2. The van der Waals surface area contributed by atoms with Crippen molar-refractivity contribution in [3.63, 3.8) is 0 Å². The molecule has 7 heteroatoms. The van der Waals surface area contributed by atoms with E-state index in [1.807, 2.05) is 13.0 Å². The van der Waals surface area contributed by atoms with Crippen LogP contribution in [0.2, 0.25) is 0 Å². The number of nitrogens with one attached hydrogen (secondary N) is 1. The van der Waals surface area contributed by atoms with Crippen LogP contribution in [-0.4, -0.2) is 17.1 Å². The number of anilines is 1. The monoisotopic (exact) mass is 285 g/mol. The Balaban J connectivity index is 2.35. The van der Waals surface area contributed by atoms with Crippen LogP contribution in [0.1, 0.15) is 18.3 Å². The minimum atomic E-state index is 0.340. The Hall–Kier alpha value is -2.85. The standard InChI is InChI=1S/C14H15N5O2/c1-3-12-17-13(19-16)7-14(18-12)21-11-5-9(8-15)4-10(6-11)20-2/h4-7H,3,16H2,1-2H3,(H,17,18,19). The molecule has 2 aromatic rings. The molecule has 2 rings (SSSR count). The predicted molar refractivity (Wildman–Crippen MR) is 77.0 cm³/mol. The maximum absolute atomic E-state index is 9.00. The number of hydrogen-bond donors (Lipinski definition) is 2. The molecule has 0 radical (unpaired) electrons. The van der Waals surface area contributed by atoms with Gasteiger partial charge in [0.25, 0.3) is 0 Å². The van der Waals surface area contributed by atoms with E-state index in [4.69, 9.17) is 20.6 Å². The van der Waals surface area contributed by atoms with Crippen LogP contribution in [0.3, 0.4) is 0 Å². The van der Waals surface area contributed by atoms with Crippen molar-refractivity contribution in [2.45, 2.75) is 13.3 Å². The first-order valence-electron chi connectivity index (χ1n) is 6.30. The summed E-state index contributed by atoms with van der Waals surface area (Å²) in [7, 11) is 1.52. The predicted octanol–water partition coefficient (Wildman–Crippen LogP) is 2.00.